The summed E-state index contributed by atoms with van der Waals surface area (Å²) < 4.78 is 11.4. The van der Waals surface area contributed by atoms with Gasteiger partial charge in [0.2, 0.25) is 5.91 Å². The molecule has 2 amide bonds. The number of hydrogen-bond acceptors (Lipinski definition) is 4. The van der Waals surface area contributed by atoms with Crippen LogP contribution in [0.2, 0.25) is 0 Å². The molecule has 0 radical (unpaired) electrons. The number of carbonyl (C=O) groups excluding carboxylic acids is 2. The lowest BCUT2D eigenvalue weighted by atomic mass is 10.2. The van der Waals surface area contributed by atoms with Gasteiger partial charge < -0.3 is 20.1 Å². The average Bonchev–Trinajstić information content (AvgIpc) is 2.66. The van der Waals surface area contributed by atoms with Crippen LogP contribution in [-0.4, -0.2) is 36.9 Å². The number of benzene rings is 2. The number of anilines is 1. The number of ether oxygens (including phenoxy) is 2. The van der Waals surface area contributed by atoms with Gasteiger partial charge in [0.1, 0.15) is 18.6 Å². The Balaban J connectivity index is 1.52. The minimum absolute atomic E-state index is 0.116. The molecule has 0 fully saturated rings. The van der Waals surface area contributed by atoms with Crippen molar-refractivity contribution >= 4 is 29.1 Å². The first-order chi connectivity index (χ1) is 12.2. The van der Waals surface area contributed by atoms with Crippen molar-refractivity contribution in [3.05, 3.63) is 54.1 Å². The van der Waals surface area contributed by atoms with Gasteiger partial charge >= 0.3 is 0 Å². The summed E-state index contributed by atoms with van der Waals surface area (Å²) in [6.45, 7) is 0.707. The molecule has 0 spiro atoms. The quantitative estimate of drug-likeness (QED) is 0.803. The van der Waals surface area contributed by atoms with Crippen LogP contribution in [0.15, 0.2) is 48.5 Å². The molecule has 1 atom stereocenters. The van der Waals surface area contributed by atoms with Crippen molar-refractivity contribution in [3.8, 4) is 11.5 Å². The molecule has 3 rings (SSSR count). The van der Waals surface area contributed by atoms with Gasteiger partial charge in [0.25, 0.3) is 5.91 Å². The Labute approximate surface area is 150 Å². The fourth-order valence-corrected chi connectivity index (χ4v) is 2.44. The molecule has 1 aliphatic rings. The number of fused-ring (bicyclic) bond motifs is 1. The normalized spacial score (nSPS) is 15.3. The molecule has 7 heteroatoms. The standard InChI is InChI=1S/C18H17ClN2O4/c19-9-17(22)21-13-7-5-12(6-8-13)18(23)20-10-14-11-24-15-3-1-2-4-16(15)25-14/h1-8,14H,9-11H2,(H,20,23)(H,21,22). The fourth-order valence-electron chi connectivity index (χ4n) is 2.37. The van der Waals surface area contributed by atoms with Crippen LogP contribution < -0.4 is 20.1 Å². The van der Waals surface area contributed by atoms with Crippen molar-refractivity contribution in [1.29, 1.82) is 0 Å². The van der Waals surface area contributed by atoms with Crippen LogP contribution in [0.5, 0.6) is 11.5 Å². The van der Waals surface area contributed by atoms with Crippen LogP contribution in [-0.2, 0) is 4.79 Å². The van der Waals surface area contributed by atoms with Gasteiger partial charge in [-0.05, 0) is 36.4 Å². The SMILES string of the molecule is O=C(CCl)Nc1ccc(C(=O)NCC2COc3ccccc3O2)cc1. The number of nitrogens with one attached hydrogen (secondary N) is 2. The Hall–Kier alpha value is -2.73. The van der Waals surface area contributed by atoms with E-state index in [1.165, 1.54) is 0 Å². The fraction of sp³-hybridized carbons (Fsp3) is 0.222. The summed E-state index contributed by atoms with van der Waals surface area (Å²) in [4.78, 5) is 23.4. The zero-order chi connectivity index (χ0) is 17.6. The Morgan fingerprint density at radius 1 is 1.08 bits per heavy atom. The summed E-state index contributed by atoms with van der Waals surface area (Å²) in [5.74, 6) is 0.743. The highest BCUT2D eigenvalue weighted by molar-refractivity contribution is 6.29. The van der Waals surface area contributed by atoms with Crippen molar-refractivity contribution in [1.82, 2.24) is 5.32 Å². The second kappa shape index (κ2) is 7.90. The summed E-state index contributed by atoms with van der Waals surface area (Å²) in [6.07, 6.45) is -0.249. The number of rotatable bonds is 5. The number of carbonyl (C=O) groups is 2. The topological polar surface area (TPSA) is 76.7 Å². The number of para-hydroxylation sites is 2. The highest BCUT2D eigenvalue weighted by Crippen LogP contribution is 2.30. The molecule has 0 aromatic heterocycles. The van der Waals surface area contributed by atoms with Crippen molar-refractivity contribution < 1.29 is 19.1 Å². The molecule has 2 N–H and O–H groups in total. The molecule has 2 aromatic rings. The summed E-state index contributed by atoms with van der Waals surface area (Å²) in [5, 5.41) is 5.43. The number of hydrogen-bond donors (Lipinski definition) is 2. The van der Waals surface area contributed by atoms with Crippen LogP contribution >= 0.6 is 11.6 Å². The van der Waals surface area contributed by atoms with Gasteiger partial charge in [-0.3, -0.25) is 9.59 Å². The lowest BCUT2D eigenvalue weighted by Gasteiger charge is -2.26. The largest absolute Gasteiger partial charge is 0.486 e. The maximum absolute atomic E-state index is 12.2. The van der Waals surface area contributed by atoms with E-state index in [2.05, 4.69) is 10.6 Å². The average molecular weight is 361 g/mol. The first-order valence-electron chi connectivity index (χ1n) is 7.78. The lowest BCUT2D eigenvalue weighted by Crippen LogP contribution is -2.40. The minimum atomic E-state index is -0.298. The zero-order valence-corrected chi connectivity index (χ0v) is 14.1. The smallest absolute Gasteiger partial charge is 0.251 e. The summed E-state index contributed by atoms with van der Waals surface area (Å²) >= 11 is 5.43. The van der Waals surface area contributed by atoms with E-state index in [-0.39, 0.29) is 23.8 Å². The molecule has 0 bridgehead atoms. The van der Waals surface area contributed by atoms with E-state index in [1.54, 1.807) is 24.3 Å². The molecule has 0 aliphatic carbocycles. The van der Waals surface area contributed by atoms with Gasteiger partial charge in [-0.15, -0.1) is 11.6 Å². The molecule has 1 aliphatic heterocycles. The molecular weight excluding hydrogens is 344 g/mol. The molecule has 1 heterocycles. The lowest BCUT2D eigenvalue weighted by molar-refractivity contribution is -0.113. The molecule has 0 saturated carbocycles. The Morgan fingerprint density at radius 3 is 2.52 bits per heavy atom. The molecule has 1 unspecified atom stereocenters. The maximum atomic E-state index is 12.2. The van der Waals surface area contributed by atoms with E-state index in [0.717, 1.165) is 0 Å². The summed E-state index contributed by atoms with van der Waals surface area (Å²) in [7, 11) is 0. The van der Waals surface area contributed by atoms with Crippen LogP contribution in [0.25, 0.3) is 0 Å². The third kappa shape index (κ3) is 4.42. The third-order valence-electron chi connectivity index (χ3n) is 3.61. The zero-order valence-electron chi connectivity index (χ0n) is 13.3. The predicted octanol–water partition coefficient (Wildman–Crippen LogP) is 2.43. The Morgan fingerprint density at radius 2 is 1.80 bits per heavy atom. The van der Waals surface area contributed by atoms with Gasteiger partial charge in [-0.2, -0.15) is 0 Å². The Bertz CT molecular complexity index is 764. The predicted molar refractivity (Wildman–Crippen MR) is 94.5 cm³/mol. The molecule has 25 heavy (non-hydrogen) atoms. The molecule has 130 valence electrons. The molecule has 0 saturated heterocycles. The minimum Gasteiger partial charge on any atom is -0.486 e. The van der Waals surface area contributed by atoms with Crippen molar-refractivity contribution in [3.63, 3.8) is 0 Å². The maximum Gasteiger partial charge on any atom is 0.251 e. The third-order valence-corrected chi connectivity index (χ3v) is 3.85. The van der Waals surface area contributed by atoms with E-state index in [1.807, 2.05) is 24.3 Å². The molecule has 6 nitrogen and oxygen atoms in total. The summed E-state index contributed by atoms with van der Waals surface area (Å²) in [6, 6.07) is 14.0. The number of alkyl halides is 1. The van der Waals surface area contributed by atoms with Crippen LogP contribution in [0.1, 0.15) is 10.4 Å². The highest BCUT2D eigenvalue weighted by atomic mass is 35.5. The van der Waals surface area contributed by atoms with E-state index in [4.69, 9.17) is 21.1 Å². The second-order valence-corrected chi connectivity index (χ2v) is 5.73. The second-order valence-electron chi connectivity index (χ2n) is 5.47. The highest BCUT2D eigenvalue weighted by Gasteiger charge is 2.21. The first kappa shape index (κ1) is 17.1. The van der Waals surface area contributed by atoms with Gasteiger partial charge in [-0.1, -0.05) is 12.1 Å². The van der Waals surface area contributed by atoms with Gasteiger partial charge in [0, 0.05) is 11.3 Å². The van der Waals surface area contributed by atoms with Crippen molar-refractivity contribution in [2.45, 2.75) is 6.10 Å². The summed E-state index contributed by atoms with van der Waals surface area (Å²) in [5.41, 5.74) is 1.07. The van der Waals surface area contributed by atoms with E-state index in [9.17, 15) is 9.59 Å². The van der Waals surface area contributed by atoms with Crippen molar-refractivity contribution in [2.75, 3.05) is 24.3 Å². The molecule has 2 aromatic carbocycles. The van der Waals surface area contributed by atoms with Gasteiger partial charge in [0.15, 0.2) is 11.5 Å². The van der Waals surface area contributed by atoms with Gasteiger partial charge in [0.05, 0.1) is 6.54 Å². The molecular formula is C18H17ClN2O4. The number of amides is 2. The first-order valence-corrected chi connectivity index (χ1v) is 8.31. The number of halogens is 1. The monoisotopic (exact) mass is 360 g/mol. The van der Waals surface area contributed by atoms with Crippen LogP contribution in [0, 0.1) is 0 Å². The van der Waals surface area contributed by atoms with E-state index < -0.39 is 0 Å². The van der Waals surface area contributed by atoms with Crippen LogP contribution in [0.3, 0.4) is 0 Å². The Kier molecular flexibility index (Phi) is 5.40. The van der Waals surface area contributed by atoms with Crippen LogP contribution in [0.4, 0.5) is 5.69 Å². The van der Waals surface area contributed by atoms with Gasteiger partial charge in [-0.25, -0.2) is 0 Å². The van der Waals surface area contributed by atoms with E-state index >= 15 is 0 Å². The van der Waals surface area contributed by atoms with Crippen molar-refractivity contribution in [2.24, 2.45) is 0 Å². The van der Waals surface area contributed by atoms with E-state index in [0.29, 0.717) is 35.9 Å².